The van der Waals surface area contributed by atoms with Gasteiger partial charge in [0.25, 0.3) is 5.70 Å². The van der Waals surface area contributed by atoms with Crippen LogP contribution in [0.15, 0.2) is 73.0 Å². The molecule has 0 fully saturated rings. The summed E-state index contributed by atoms with van der Waals surface area (Å²) in [4.78, 5) is 22.1. The third-order valence-corrected chi connectivity index (χ3v) is 3.28. The van der Waals surface area contributed by atoms with Crippen molar-refractivity contribution in [3.05, 3.63) is 94.2 Å². The average molecular weight is 428 g/mol. The lowest BCUT2D eigenvalue weighted by Gasteiger charge is -2.01. The van der Waals surface area contributed by atoms with Gasteiger partial charge in [-0.1, -0.05) is 66.3 Å². The van der Waals surface area contributed by atoms with Crippen molar-refractivity contribution >= 4 is 16.6 Å². The van der Waals surface area contributed by atoms with Crippen LogP contribution in [-0.2, 0) is 0 Å². The number of fused-ring (bicyclic) bond motifs is 1. The molecule has 0 unspecified atom stereocenters. The van der Waals surface area contributed by atoms with E-state index in [0.29, 0.717) is 11.1 Å². The number of nitrogens with two attached hydrogens (primary N) is 1. The first-order chi connectivity index (χ1) is 14.9. The van der Waals surface area contributed by atoms with E-state index in [-0.39, 0.29) is 17.1 Å². The normalized spacial score (nSPS) is 8.48. The second-order valence-electron chi connectivity index (χ2n) is 4.82. The predicted octanol–water partition coefficient (Wildman–Crippen LogP) is 6.21. The van der Waals surface area contributed by atoms with Crippen molar-refractivity contribution in [1.29, 1.82) is 5.26 Å². The molecule has 2 aromatic rings. The van der Waals surface area contributed by atoms with Gasteiger partial charge in [0.15, 0.2) is 5.78 Å². The van der Waals surface area contributed by atoms with Gasteiger partial charge in [0, 0.05) is 11.1 Å². The number of nitrogens with zero attached hydrogens (tertiary/aromatic N) is 2. The molecule has 0 aliphatic heterocycles. The molecule has 0 radical (unpaired) electrons. The Morgan fingerprint density at radius 3 is 2.00 bits per heavy atom. The molecule has 0 heterocycles. The van der Waals surface area contributed by atoms with Crippen LogP contribution in [0, 0.1) is 21.4 Å². The fraction of sp³-hybridized carbons (Fsp3) is 0.250. The molecule has 7 nitrogen and oxygen atoms in total. The van der Waals surface area contributed by atoms with Crippen LogP contribution in [0.4, 0.5) is 0 Å². The topological polar surface area (TPSA) is 130 Å². The van der Waals surface area contributed by atoms with E-state index in [2.05, 4.69) is 19.1 Å². The monoisotopic (exact) mass is 427 g/mol. The highest BCUT2D eigenvalue weighted by Gasteiger charge is 2.10. The third-order valence-electron chi connectivity index (χ3n) is 3.28. The van der Waals surface area contributed by atoms with Gasteiger partial charge in [0.2, 0.25) is 0 Å². The lowest BCUT2D eigenvalue weighted by molar-refractivity contribution is -0.419. The molecule has 2 aromatic carbocycles. The smallest absolute Gasteiger partial charge is 0.268 e. The van der Waals surface area contributed by atoms with Crippen molar-refractivity contribution in [3.8, 4) is 6.07 Å². The van der Waals surface area contributed by atoms with Crippen LogP contribution in [0.1, 0.15) is 57.5 Å². The Kier molecular flexibility index (Phi) is 20.4. The van der Waals surface area contributed by atoms with Gasteiger partial charge >= 0.3 is 0 Å². The first kappa shape index (κ1) is 32.1. The number of nitriles is 1. The quantitative estimate of drug-likeness (QED) is 0.192. The Morgan fingerprint density at radius 1 is 1.00 bits per heavy atom. The summed E-state index contributed by atoms with van der Waals surface area (Å²) in [5.41, 5.74) is 0.638. The van der Waals surface area contributed by atoms with Crippen LogP contribution < -0.4 is 5.90 Å². The number of nitro groups is 1. The summed E-state index contributed by atoms with van der Waals surface area (Å²) in [7, 11) is 0. The van der Waals surface area contributed by atoms with Gasteiger partial charge in [-0.2, -0.15) is 5.26 Å². The highest BCUT2D eigenvalue weighted by atomic mass is 16.6. The fourth-order valence-electron chi connectivity index (χ4n) is 1.96. The molecule has 3 N–H and O–H groups in total. The predicted molar refractivity (Wildman–Crippen MR) is 127 cm³/mol. The lowest BCUT2D eigenvalue weighted by atomic mass is 10.0. The van der Waals surface area contributed by atoms with Gasteiger partial charge in [-0.3, -0.25) is 14.9 Å². The van der Waals surface area contributed by atoms with E-state index in [4.69, 9.17) is 10.5 Å². The van der Waals surface area contributed by atoms with Gasteiger partial charge in [0.05, 0.1) is 16.6 Å². The second kappa shape index (κ2) is 19.7. The summed E-state index contributed by atoms with van der Waals surface area (Å²) in [6.45, 7) is 18.8. The second-order valence-corrected chi connectivity index (χ2v) is 4.82. The number of hydrogen-bond donors (Lipinski definition) is 2. The van der Waals surface area contributed by atoms with Crippen LogP contribution >= 0.6 is 0 Å². The maximum absolute atomic E-state index is 12.1. The number of carbonyl (C=O) groups is 1. The molecular weight excluding hydrogens is 394 g/mol. The highest BCUT2D eigenvalue weighted by Crippen LogP contribution is 2.18. The van der Waals surface area contributed by atoms with Crippen molar-refractivity contribution in [2.75, 3.05) is 0 Å². The molecule has 0 aliphatic carbocycles. The molecule has 0 aliphatic rings. The summed E-state index contributed by atoms with van der Waals surface area (Å²) < 4.78 is 0. The van der Waals surface area contributed by atoms with E-state index < -0.39 is 4.92 Å². The van der Waals surface area contributed by atoms with Gasteiger partial charge in [-0.25, -0.2) is 5.90 Å². The summed E-state index contributed by atoms with van der Waals surface area (Å²) in [6, 6.07) is 12.4. The Bertz CT molecular complexity index is 926. The van der Waals surface area contributed by atoms with Crippen LogP contribution in [0.3, 0.4) is 0 Å². The Balaban J connectivity index is -0.000000879. The number of ketones is 1. The van der Waals surface area contributed by atoms with Gasteiger partial charge in [-0.05, 0) is 47.7 Å². The van der Waals surface area contributed by atoms with Crippen LogP contribution in [-0.4, -0.2) is 15.9 Å². The van der Waals surface area contributed by atoms with Crippen LogP contribution in [0.5, 0.6) is 0 Å². The van der Waals surface area contributed by atoms with Gasteiger partial charge in [-0.15, -0.1) is 0 Å². The number of benzene rings is 2. The van der Waals surface area contributed by atoms with E-state index in [1.165, 1.54) is 12.2 Å². The molecule has 0 atom stereocenters. The van der Waals surface area contributed by atoms with Crippen molar-refractivity contribution in [2.24, 2.45) is 5.90 Å². The summed E-state index contributed by atoms with van der Waals surface area (Å²) in [5, 5.41) is 27.7. The minimum Gasteiger partial charge on any atom is -0.320 e. The number of carbonyl (C=O) groups excluding carboxylic acids is 1. The highest BCUT2D eigenvalue weighted by molar-refractivity contribution is 6.07. The van der Waals surface area contributed by atoms with Crippen molar-refractivity contribution in [3.63, 3.8) is 0 Å². The van der Waals surface area contributed by atoms with E-state index >= 15 is 0 Å². The first-order valence-electron chi connectivity index (χ1n) is 9.87. The SMILES string of the molecule is C=C(/C=C/C(=O)c1ccc2ccc(C#N)cc2c1)C(=C)[N+](=O)[O-].CC.CC.CC.NO. The molecule has 0 bridgehead atoms. The zero-order chi connectivity index (χ0) is 25.0. The summed E-state index contributed by atoms with van der Waals surface area (Å²) in [5.74, 6) is 3.19. The van der Waals surface area contributed by atoms with Crippen molar-refractivity contribution < 1.29 is 14.9 Å². The molecule has 0 spiro atoms. The molecule has 0 saturated heterocycles. The van der Waals surface area contributed by atoms with Crippen molar-refractivity contribution in [2.45, 2.75) is 41.5 Å². The minimum atomic E-state index is -0.656. The molecule has 0 saturated carbocycles. The Labute approximate surface area is 184 Å². The molecule has 0 amide bonds. The third kappa shape index (κ3) is 11.2. The number of hydrogen-bond acceptors (Lipinski definition) is 6. The van der Waals surface area contributed by atoms with Crippen molar-refractivity contribution in [1.82, 2.24) is 0 Å². The largest absolute Gasteiger partial charge is 0.320 e. The zero-order valence-electron chi connectivity index (χ0n) is 19.2. The molecule has 168 valence electrons. The lowest BCUT2D eigenvalue weighted by Crippen LogP contribution is -1.99. The first-order valence-corrected chi connectivity index (χ1v) is 9.87. The minimum absolute atomic E-state index is 0.0657. The Hall–Kier alpha value is -3.60. The summed E-state index contributed by atoms with van der Waals surface area (Å²) in [6.07, 6.45) is 2.48. The van der Waals surface area contributed by atoms with Gasteiger partial charge in [0.1, 0.15) is 0 Å². The van der Waals surface area contributed by atoms with Crippen LogP contribution in [0.25, 0.3) is 10.8 Å². The average Bonchev–Trinajstić information content (AvgIpc) is 2.85. The van der Waals surface area contributed by atoms with Gasteiger partial charge < -0.3 is 5.21 Å². The maximum Gasteiger partial charge on any atom is 0.268 e. The summed E-state index contributed by atoms with van der Waals surface area (Å²) >= 11 is 0. The number of rotatable bonds is 5. The molecule has 31 heavy (non-hydrogen) atoms. The molecule has 7 heteroatoms. The maximum atomic E-state index is 12.1. The molecular formula is C24H33N3O4. The Morgan fingerprint density at radius 2 is 1.52 bits per heavy atom. The number of allylic oxidation sites excluding steroid dienone is 2. The van der Waals surface area contributed by atoms with E-state index in [0.717, 1.165) is 10.8 Å². The van der Waals surface area contributed by atoms with E-state index in [1.807, 2.05) is 47.6 Å². The standard InChI is InChI=1S/C18H12N2O3.3C2H6.H3NO/c1-12(13(2)20(22)23)3-8-18(21)16-7-6-15-5-4-14(11-19)9-17(15)10-16;4*1-2/h3-10H,1-2H2;3*1-2H3;2H,1H2/b8-3+;;;;. The van der Waals surface area contributed by atoms with E-state index in [1.54, 1.807) is 36.4 Å². The zero-order valence-corrected chi connectivity index (χ0v) is 19.2. The molecule has 0 aromatic heterocycles. The fourth-order valence-corrected chi connectivity index (χ4v) is 1.96. The van der Waals surface area contributed by atoms with Crippen LogP contribution in [0.2, 0.25) is 0 Å². The van der Waals surface area contributed by atoms with E-state index in [9.17, 15) is 14.9 Å². The molecule has 2 rings (SSSR count).